The van der Waals surface area contributed by atoms with Gasteiger partial charge in [-0.1, -0.05) is 36.7 Å². The minimum atomic E-state index is 0.150. The number of nitrogens with one attached hydrogen (secondary N) is 1. The highest BCUT2D eigenvalue weighted by atomic mass is 79.9. The van der Waals surface area contributed by atoms with Crippen LogP contribution >= 0.6 is 15.9 Å². The minimum Gasteiger partial charge on any atom is -0.493 e. The Balaban J connectivity index is 2.63. The fourth-order valence-electron chi connectivity index (χ4n) is 1.61. The van der Waals surface area contributed by atoms with Gasteiger partial charge in [-0.25, -0.2) is 0 Å². The maximum Gasteiger partial charge on any atom is 0.123 e. The van der Waals surface area contributed by atoms with Gasteiger partial charge in [0, 0.05) is 29.1 Å². The topological polar surface area (TPSA) is 41.5 Å². The number of benzene rings is 1. The number of aliphatic hydroxyl groups is 1. The van der Waals surface area contributed by atoms with E-state index in [9.17, 15) is 0 Å². The van der Waals surface area contributed by atoms with Crippen LogP contribution in [0.25, 0.3) is 0 Å². The van der Waals surface area contributed by atoms with Crippen molar-refractivity contribution in [2.24, 2.45) is 11.8 Å². The summed E-state index contributed by atoms with van der Waals surface area (Å²) in [5, 5.41) is 12.4. The summed E-state index contributed by atoms with van der Waals surface area (Å²) in [6.07, 6.45) is 0. The first-order valence-corrected chi connectivity index (χ1v) is 7.55. The van der Waals surface area contributed by atoms with Crippen molar-refractivity contribution in [3.05, 3.63) is 28.2 Å². The summed E-state index contributed by atoms with van der Waals surface area (Å²) in [6, 6.07) is 6.03. The second-order valence-corrected chi connectivity index (χ2v) is 6.29. The van der Waals surface area contributed by atoms with E-state index < -0.39 is 0 Å². The van der Waals surface area contributed by atoms with Gasteiger partial charge in [0.25, 0.3) is 0 Å². The summed E-state index contributed by atoms with van der Waals surface area (Å²) in [7, 11) is 0. The molecule has 0 aromatic heterocycles. The highest BCUT2D eigenvalue weighted by Crippen LogP contribution is 2.23. The number of halogens is 1. The molecule has 1 unspecified atom stereocenters. The zero-order valence-electron chi connectivity index (χ0n) is 11.9. The first-order chi connectivity index (χ1) is 9.02. The van der Waals surface area contributed by atoms with Crippen LogP contribution in [0.5, 0.6) is 5.75 Å². The molecule has 0 saturated carbocycles. The molecule has 19 heavy (non-hydrogen) atoms. The second kappa shape index (κ2) is 8.56. The molecule has 0 fully saturated rings. The van der Waals surface area contributed by atoms with Crippen molar-refractivity contribution in [2.45, 2.75) is 27.3 Å². The van der Waals surface area contributed by atoms with Crippen LogP contribution in [0, 0.1) is 11.8 Å². The summed E-state index contributed by atoms with van der Waals surface area (Å²) in [4.78, 5) is 0. The van der Waals surface area contributed by atoms with Gasteiger partial charge in [0.1, 0.15) is 5.75 Å². The highest BCUT2D eigenvalue weighted by molar-refractivity contribution is 9.10. The van der Waals surface area contributed by atoms with Crippen molar-refractivity contribution in [3.63, 3.8) is 0 Å². The Morgan fingerprint density at radius 2 is 2.05 bits per heavy atom. The molecular formula is C15H24BrNO2. The maximum absolute atomic E-state index is 9.03. The lowest BCUT2D eigenvalue weighted by atomic mass is 10.1. The van der Waals surface area contributed by atoms with Crippen molar-refractivity contribution in [1.29, 1.82) is 0 Å². The Labute approximate surface area is 124 Å². The molecule has 1 aromatic rings. The molecule has 1 rings (SSSR count). The van der Waals surface area contributed by atoms with E-state index in [1.54, 1.807) is 0 Å². The smallest absolute Gasteiger partial charge is 0.123 e. The van der Waals surface area contributed by atoms with Crippen LogP contribution in [-0.4, -0.2) is 24.9 Å². The van der Waals surface area contributed by atoms with Crippen molar-refractivity contribution in [2.75, 3.05) is 19.8 Å². The fraction of sp³-hybridized carbons (Fsp3) is 0.600. The molecule has 3 nitrogen and oxygen atoms in total. The summed E-state index contributed by atoms with van der Waals surface area (Å²) < 4.78 is 6.83. The molecule has 0 aliphatic heterocycles. The van der Waals surface area contributed by atoms with Crippen molar-refractivity contribution in [1.82, 2.24) is 5.32 Å². The second-order valence-electron chi connectivity index (χ2n) is 5.38. The Morgan fingerprint density at radius 1 is 1.32 bits per heavy atom. The molecule has 0 aliphatic rings. The third kappa shape index (κ3) is 6.41. The largest absolute Gasteiger partial charge is 0.493 e. The molecule has 1 aromatic carbocycles. The third-order valence-electron chi connectivity index (χ3n) is 2.73. The van der Waals surface area contributed by atoms with Crippen molar-refractivity contribution >= 4 is 15.9 Å². The van der Waals surface area contributed by atoms with Crippen LogP contribution in [0.15, 0.2) is 22.7 Å². The molecular weight excluding hydrogens is 306 g/mol. The van der Waals surface area contributed by atoms with Crippen LogP contribution < -0.4 is 10.1 Å². The predicted molar refractivity (Wildman–Crippen MR) is 82.4 cm³/mol. The van der Waals surface area contributed by atoms with Gasteiger partial charge in [-0.05, 0) is 30.7 Å². The lowest BCUT2D eigenvalue weighted by Crippen LogP contribution is -2.20. The van der Waals surface area contributed by atoms with Gasteiger partial charge in [-0.2, -0.15) is 0 Å². The zero-order valence-corrected chi connectivity index (χ0v) is 13.5. The quantitative estimate of drug-likeness (QED) is 0.769. The van der Waals surface area contributed by atoms with Gasteiger partial charge in [0.2, 0.25) is 0 Å². The molecule has 0 saturated heterocycles. The highest BCUT2D eigenvalue weighted by Gasteiger charge is 2.07. The Morgan fingerprint density at radius 3 is 2.68 bits per heavy atom. The first-order valence-electron chi connectivity index (χ1n) is 6.75. The molecule has 2 N–H and O–H groups in total. The van der Waals surface area contributed by atoms with E-state index in [0.717, 1.165) is 28.9 Å². The summed E-state index contributed by atoms with van der Waals surface area (Å²) in [5.74, 6) is 1.67. The summed E-state index contributed by atoms with van der Waals surface area (Å²) in [6.45, 7) is 8.81. The summed E-state index contributed by atoms with van der Waals surface area (Å²) >= 11 is 3.49. The molecule has 0 heterocycles. The van der Waals surface area contributed by atoms with Gasteiger partial charge >= 0.3 is 0 Å². The van der Waals surface area contributed by atoms with Crippen molar-refractivity contribution < 1.29 is 9.84 Å². The van der Waals surface area contributed by atoms with Gasteiger partial charge in [-0.15, -0.1) is 0 Å². The van der Waals surface area contributed by atoms with Crippen LogP contribution in [0.3, 0.4) is 0 Å². The number of rotatable bonds is 8. The average molecular weight is 330 g/mol. The van der Waals surface area contributed by atoms with Crippen LogP contribution in [-0.2, 0) is 6.54 Å². The minimum absolute atomic E-state index is 0.150. The molecule has 1 atom stereocenters. The maximum atomic E-state index is 9.03. The van der Waals surface area contributed by atoms with E-state index in [0.29, 0.717) is 12.5 Å². The van der Waals surface area contributed by atoms with Crippen molar-refractivity contribution in [3.8, 4) is 5.75 Å². The Kier molecular flexibility index (Phi) is 7.42. The molecule has 4 heteroatoms. The number of ether oxygens (including phenoxy) is 1. The average Bonchev–Trinajstić information content (AvgIpc) is 2.37. The van der Waals surface area contributed by atoms with E-state index in [4.69, 9.17) is 9.84 Å². The molecule has 0 bridgehead atoms. The third-order valence-corrected chi connectivity index (χ3v) is 3.22. The van der Waals surface area contributed by atoms with E-state index in [2.05, 4.69) is 41.2 Å². The predicted octanol–water partition coefficient (Wildman–Crippen LogP) is 3.20. The van der Waals surface area contributed by atoms with Gasteiger partial charge in [0.05, 0.1) is 6.61 Å². The molecule has 0 spiro atoms. The van der Waals surface area contributed by atoms with Gasteiger partial charge in [0.15, 0.2) is 0 Å². The van der Waals surface area contributed by atoms with Gasteiger partial charge in [-0.3, -0.25) is 0 Å². The standard InChI is InChI=1S/C15H24BrNO2/c1-11(2)7-17-8-13-6-14(16)4-5-15(13)19-10-12(3)9-18/h4-6,11-12,17-18H,7-10H2,1-3H3. The molecule has 108 valence electrons. The Hall–Kier alpha value is -0.580. The van der Waals surface area contributed by atoms with E-state index in [1.807, 2.05) is 19.1 Å². The zero-order chi connectivity index (χ0) is 14.3. The van der Waals surface area contributed by atoms with E-state index >= 15 is 0 Å². The molecule has 0 aliphatic carbocycles. The van der Waals surface area contributed by atoms with Crippen LogP contribution in [0.4, 0.5) is 0 Å². The SMILES string of the molecule is CC(C)CNCc1cc(Br)ccc1OCC(C)CO. The number of aliphatic hydroxyl groups excluding tert-OH is 1. The monoisotopic (exact) mass is 329 g/mol. The number of hydrogen-bond donors (Lipinski definition) is 2. The first kappa shape index (κ1) is 16.5. The fourth-order valence-corrected chi connectivity index (χ4v) is 2.02. The lowest BCUT2D eigenvalue weighted by Gasteiger charge is -2.15. The molecule has 0 radical (unpaired) electrons. The van der Waals surface area contributed by atoms with Crippen LogP contribution in [0.2, 0.25) is 0 Å². The van der Waals surface area contributed by atoms with Crippen LogP contribution in [0.1, 0.15) is 26.3 Å². The lowest BCUT2D eigenvalue weighted by molar-refractivity contribution is 0.173. The number of hydrogen-bond acceptors (Lipinski definition) is 3. The normalized spacial score (nSPS) is 12.7. The van der Waals surface area contributed by atoms with E-state index in [-0.39, 0.29) is 12.5 Å². The molecule has 0 amide bonds. The Bertz CT molecular complexity index is 382. The van der Waals surface area contributed by atoms with E-state index in [1.165, 1.54) is 0 Å². The van der Waals surface area contributed by atoms with Gasteiger partial charge < -0.3 is 15.2 Å². The summed E-state index contributed by atoms with van der Waals surface area (Å²) in [5.41, 5.74) is 1.14.